The molecule has 20 heavy (non-hydrogen) atoms. The lowest BCUT2D eigenvalue weighted by molar-refractivity contribution is -0.111. The minimum atomic E-state index is -1.01. The highest BCUT2D eigenvalue weighted by atomic mass is 35.5. The van der Waals surface area contributed by atoms with Crippen LogP contribution in [0, 0.1) is 0 Å². The molecule has 1 amide bonds. The van der Waals surface area contributed by atoms with Crippen molar-refractivity contribution in [1.82, 2.24) is 0 Å². The molecule has 0 aliphatic carbocycles. The SMILES string of the molecule is O=C(/C=C/c1cccc(Cl)c1)Nc1ccc(C(=O)O)s1. The Labute approximate surface area is 124 Å². The van der Waals surface area contributed by atoms with Gasteiger partial charge >= 0.3 is 5.97 Å². The highest BCUT2D eigenvalue weighted by Crippen LogP contribution is 2.21. The fourth-order valence-corrected chi connectivity index (χ4v) is 2.41. The zero-order valence-corrected chi connectivity index (χ0v) is 11.7. The molecule has 0 bridgehead atoms. The molecule has 1 aromatic heterocycles. The number of carbonyl (C=O) groups excluding carboxylic acids is 1. The number of thiophene rings is 1. The lowest BCUT2D eigenvalue weighted by atomic mass is 10.2. The van der Waals surface area contributed by atoms with Crippen LogP contribution in [0.5, 0.6) is 0 Å². The molecule has 0 saturated heterocycles. The number of carboxylic acids is 1. The summed E-state index contributed by atoms with van der Waals surface area (Å²) in [4.78, 5) is 22.6. The molecule has 0 radical (unpaired) electrons. The topological polar surface area (TPSA) is 66.4 Å². The van der Waals surface area contributed by atoms with Crippen molar-refractivity contribution in [2.24, 2.45) is 0 Å². The van der Waals surface area contributed by atoms with Crippen LogP contribution in [0.4, 0.5) is 5.00 Å². The molecule has 0 saturated carbocycles. The second kappa shape index (κ2) is 6.36. The third-order valence-corrected chi connectivity index (χ3v) is 3.56. The highest BCUT2D eigenvalue weighted by molar-refractivity contribution is 7.18. The van der Waals surface area contributed by atoms with Crippen molar-refractivity contribution in [2.45, 2.75) is 0 Å². The molecular formula is C14H10ClNO3S. The van der Waals surface area contributed by atoms with Gasteiger partial charge in [0.1, 0.15) is 4.88 Å². The van der Waals surface area contributed by atoms with Gasteiger partial charge in [-0.3, -0.25) is 4.79 Å². The minimum Gasteiger partial charge on any atom is -0.477 e. The summed E-state index contributed by atoms with van der Waals surface area (Å²) in [5.41, 5.74) is 0.810. The molecule has 2 rings (SSSR count). The molecule has 1 heterocycles. The fraction of sp³-hybridized carbons (Fsp3) is 0. The van der Waals surface area contributed by atoms with E-state index in [1.54, 1.807) is 30.3 Å². The summed E-state index contributed by atoms with van der Waals surface area (Å²) in [5.74, 6) is -1.34. The Kier molecular flexibility index (Phi) is 4.55. The molecule has 6 heteroatoms. The van der Waals surface area contributed by atoms with Crippen LogP contribution >= 0.6 is 22.9 Å². The summed E-state index contributed by atoms with van der Waals surface area (Å²) < 4.78 is 0. The Morgan fingerprint density at radius 1 is 1.25 bits per heavy atom. The van der Waals surface area contributed by atoms with Crippen LogP contribution in [-0.2, 0) is 4.79 Å². The number of carbonyl (C=O) groups is 2. The standard InChI is InChI=1S/C14H10ClNO3S/c15-10-3-1-2-9(8-10)4-6-12(17)16-13-7-5-11(20-13)14(18)19/h1-8H,(H,16,17)(H,18,19)/b6-4+. The van der Waals surface area contributed by atoms with Crippen LogP contribution in [-0.4, -0.2) is 17.0 Å². The Morgan fingerprint density at radius 3 is 2.70 bits per heavy atom. The van der Waals surface area contributed by atoms with Crippen molar-refractivity contribution in [2.75, 3.05) is 5.32 Å². The summed E-state index contributed by atoms with van der Waals surface area (Å²) in [6, 6.07) is 10.1. The number of nitrogens with one attached hydrogen (secondary N) is 1. The zero-order chi connectivity index (χ0) is 14.5. The third-order valence-electron chi connectivity index (χ3n) is 2.34. The van der Waals surface area contributed by atoms with Gasteiger partial charge in [0.25, 0.3) is 0 Å². The normalized spacial score (nSPS) is 10.7. The van der Waals surface area contributed by atoms with E-state index in [1.165, 1.54) is 12.1 Å². The number of anilines is 1. The molecule has 0 fully saturated rings. The van der Waals surface area contributed by atoms with Gasteiger partial charge in [-0.1, -0.05) is 23.7 Å². The van der Waals surface area contributed by atoms with Crippen LogP contribution in [0.1, 0.15) is 15.2 Å². The van der Waals surface area contributed by atoms with Crippen molar-refractivity contribution in [1.29, 1.82) is 0 Å². The Hall–Kier alpha value is -2.11. The highest BCUT2D eigenvalue weighted by Gasteiger charge is 2.07. The van der Waals surface area contributed by atoms with Crippen molar-refractivity contribution in [3.63, 3.8) is 0 Å². The first-order valence-electron chi connectivity index (χ1n) is 5.62. The molecule has 2 aromatic rings. The van der Waals surface area contributed by atoms with Crippen molar-refractivity contribution < 1.29 is 14.7 Å². The number of carboxylic acid groups (broad SMARTS) is 1. The van der Waals surface area contributed by atoms with Crippen LogP contribution in [0.3, 0.4) is 0 Å². The summed E-state index contributed by atoms with van der Waals surface area (Å²) >= 11 is 6.84. The summed E-state index contributed by atoms with van der Waals surface area (Å²) in [5, 5.41) is 12.5. The number of hydrogen-bond acceptors (Lipinski definition) is 3. The second-order valence-corrected chi connectivity index (χ2v) is 5.37. The first-order valence-corrected chi connectivity index (χ1v) is 6.82. The molecule has 2 N–H and O–H groups in total. The lowest BCUT2D eigenvalue weighted by Gasteiger charge is -1.97. The fourth-order valence-electron chi connectivity index (χ4n) is 1.47. The first kappa shape index (κ1) is 14.3. The van der Waals surface area contributed by atoms with Gasteiger partial charge in [-0.25, -0.2) is 4.79 Å². The van der Waals surface area contributed by atoms with E-state index < -0.39 is 5.97 Å². The zero-order valence-electron chi connectivity index (χ0n) is 10.2. The van der Waals surface area contributed by atoms with Gasteiger partial charge in [-0.05, 0) is 35.9 Å². The number of hydrogen-bond donors (Lipinski definition) is 2. The molecular weight excluding hydrogens is 298 g/mol. The lowest BCUT2D eigenvalue weighted by Crippen LogP contribution is -2.06. The predicted octanol–water partition coefficient (Wildman–Crippen LogP) is 3.75. The maximum atomic E-state index is 11.7. The average Bonchev–Trinajstić information content (AvgIpc) is 2.85. The van der Waals surface area contributed by atoms with Gasteiger partial charge in [0.2, 0.25) is 5.91 Å². The van der Waals surface area contributed by atoms with Gasteiger partial charge < -0.3 is 10.4 Å². The number of rotatable bonds is 4. The molecule has 102 valence electrons. The van der Waals surface area contributed by atoms with E-state index >= 15 is 0 Å². The second-order valence-electron chi connectivity index (χ2n) is 3.85. The third kappa shape index (κ3) is 3.94. The summed E-state index contributed by atoms with van der Waals surface area (Å²) in [7, 11) is 0. The predicted molar refractivity (Wildman–Crippen MR) is 80.4 cm³/mol. The Morgan fingerprint density at radius 2 is 2.05 bits per heavy atom. The van der Waals surface area contributed by atoms with Crippen molar-refractivity contribution in [3.05, 3.63) is 57.9 Å². The van der Waals surface area contributed by atoms with E-state index in [0.717, 1.165) is 16.9 Å². The molecule has 0 atom stereocenters. The van der Waals surface area contributed by atoms with Gasteiger partial charge in [0.05, 0.1) is 5.00 Å². The molecule has 4 nitrogen and oxygen atoms in total. The van der Waals surface area contributed by atoms with Crippen LogP contribution in [0.15, 0.2) is 42.5 Å². The van der Waals surface area contributed by atoms with Crippen LogP contribution in [0.2, 0.25) is 5.02 Å². The van der Waals surface area contributed by atoms with E-state index in [-0.39, 0.29) is 10.8 Å². The van der Waals surface area contributed by atoms with E-state index in [0.29, 0.717) is 10.0 Å². The Balaban J connectivity index is 1.99. The average molecular weight is 308 g/mol. The summed E-state index contributed by atoms with van der Waals surface area (Å²) in [6.45, 7) is 0. The number of amides is 1. The van der Waals surface area contributed by atoms with E-state index in [4.69, 9.17) is 16.7 Å². The van der Waals surface area contributed by atoms with E-state index in [1.807, 2.05) is 6.07 Å². The summed E-state index contributed by atoms with van der Waals surface area (Å²) in [6.07, 6.45) is 3.00. The molecule has 0 unspecified atom stereocenters. The maximum Gasteiger partial charge on any atom is 0.345 e. The number of aromatic carboxylic acids is 1. The largest absolute Gasteiger partial charge is 0.477 e. The van der Waals surface area contributed by atoms with Crippen molar-refractivity contribution in [3.8, 4) is 0 Å². The minimum absolute atomic E-state index is 0.180. The molecule has 1 aromatic carbocycles. The molecule has 0 aliphatic heterocycles. The number of halogens is 1. The van der Waals surface area contributed by atoms with E-state index in [2.05, 4.69) is 5.32 Å². The van der Waals surface area contributed by atoms with Gasteiger partial charge in [0.15, 0.2) is 0 Å². The maximum absolute atomic E-state index is 11.7. The monoisotopic (exact) mass is 307 g/mol. The van der Waals surface area contributed by atoms with Gasteiger partial charge in [-0.15, -0.1) is 11.3 Å². The molecule has 0 aliphatic rings. The van der Waals surface area contributed by atoms with Crippen LogP contribution in [0.25, 0.3) is 6.08 Å². The first-order chi connectivity index (χ1) is 9.54. The quantitative estimate of drug-likeness (QED) is 0.845. The van der Waals surface area contributed by atoms with Gasteiger partial charge in [0, 0.05) is 11.1 Å². The smallest absolute Gasteiger partial charge is 0.345 e. The molecule has 0 spiro atoms. The Bertz CT molecular complexity index is 679. The van der Waals surface area contributed by atoms with Crippen molar-refractivity contribution >= 4 is 45.9 Å². The van der Waals surface area contributed by atoms with E-state index in [9.17, 15) is 9.59 Å². The van der Waals surface area contributed by atoms with Gasteiger partial charge in [-0.2, -0.15) is 0 Å². The van der Waals surface area contributed by atoms with Crippen LogP contribution < -0.4 is 5.32 Å². The number of benzene rings is 1.